The molecule has 7 nitrogen and oxygen atoms in total. The number of thiol groups is 1. The Morgan fingerprint density at radius 1 is 1.33 bits per heavy atom. The monoisotopic (exact) mass is 316 g/mol. The van der Waals surface area contributed by atoms with Gasteiger partial charge in [-0.25, -0.2) is 0 Å². The van der Waals surface area contributed by atoms with Gasteiger partial charge in [0.05, 0.1) is 5.75 Å². The summed E-state index contributed by atoms with van der Waals surface area (Å²) in [7, 11) is 0. The lowest BCUT2D eigenvalue weighted by Crippen LogP contribution is -2.52. The molecule has 1 fully saturated rings. The van der Waals surface area contributed by atoms with Crippen LogP contribution in [0.25, 0.3) is 0 Å². The second kappa shape index (κ2) is 8.89. The SMILES string of the molecule is NCCCC[C@H](NC(=O)[C@@H]1CCCN1C(=O)CS)C(N)=O. The van der Waals surface area contributed by atoms with Crippen LogP contribution in [0.5, 0.6) is 0 Å². The first-order valence-corrected chi connectivity index (χ1v) is 7.84. The minimum atomic E-state index is -0.711. The molecule has 0 unspecified atom stereocenters. The van der Waals surface area contributed by atoms with Crippen LogP contribution in [0.1, 0.15) is 32.1 Å². The van der Waals surface area contributed by atoms with Crippen LogP contribution in [0.3, 0.4) is 0 Å². The van der Waals surface area contributed by atoms with Crippen molar-refractivity contribution >= 4 is 30.4 Å². The molecule has 0 aromatic carbocycles. The van der Waals surface area contributed by atoms with Crippen LogP contribution < -0.4 is 16.8 Å². The fourth-order valence-electron chi connectivity index (χ4n) is 2.47. The average Bonchev–Trinajstić information content (AvgIpc) is 2.94. The minimum absolute atomic E-state index is 0.0690. The van der Waals surface area contributed by atoms with E-state index in [1.807, 2.05) is 0 Å². The van der Waals surface area contributed by atoms with Crippen molar-refractivity contribution in [3.8, 4) is 0 Å². The third kappa shape index (κ3) is 5.20. The summed E-state index contributed by atoms with van der Waals surface area (Å²) < 4.78 is 0. The molecule has 1 aliphatic rings. The fraction of sp³-hybridized carbons (Fsp3) is 0.769. The molecule has 0 saturated carbocycles. The van der Waals surface area contributed by atoms with Gasteiger partial charge in [0.1, 0.15) is 12.1 Å². The molecule has 1 aliphatic heterocycles. The van der Waals surface area contributed by atoms with Gasteiger partial charge in [0.15, 0.2) is 0 Å². The van der Waals surface area contributed by atoms with Gasteiger partial charge in [-0.2, -0.15) is 12.6 Å². The Hall–Kier alpha value is -1.28. The second-order valence-corrected chi connectivity index (χ2v) is 5.47. The Kier molecular flexibility index (Phi) is 7.52. The Morgan fingerprint density at radius 3 is 2.62 bits per heavy atom. The van der Waals surface area contributed by atoms with Gasteiger partial charge in [-0.15, -0.1) is 0 Å². The van der Waals surface area contributed by atoms with Crippen LogP contribution >= 0.6 is 12.6 Å². The van der Waals surface area contributed by atoms with Gasteiger partial charge in [-0.05, 0) is 38.6 Å². The molecule has 3 amide bonds. The summed E-state index contributed by atoms with van der Waals surface area (Å²) in [4.78, 5) is 36.9. The first kappa shape index (κ1) is 17.8. The average molecular weight is 316 g/mol. The third-order valence-electron chi connectivity index (χ3n) is 3.62. The zero-order chi connectivity index (χ0) is 15.8. The van der Waals surface area contributed by atoms with Crippen LogP contribution in [-0.4, -0.2) is 53.5 Å². The van der Waals surface area contributed by atoms with Crippen LogP contribution in [-0.2, 0) is 14.4 Å². The molecule has 1 saturated heterocycles. The van der Waals surface area contributed by atoms with E-state index in [4.69, 9.17) is 11.5 Å². The number of primary amides is 1. The van der Waals surface area contributed by atoms with E-state index in [-0.39, 0.29) is 17.6 Å². The quantitative estimate of drug-likeness (QED) is 0.339. The van der Waals surface area contributed by atoms with Crippen molar-refractivity contribution in [2.24, 2.45) is 11.5 Å². The number of unbranched alkanes of at least 4 members (excludes halogenated alkanes) is 1. The molecule has 8 heteroatoms. The number of nitrogens with one attached hydrogen (secondary N) is 1. The number of carbonyl (C=O) groups is 3. The molecule has 0 aliphatic carbocycles. The van der Waals surface area contributed by atoms with Crippen molar-refractivity contribution < 1.29 is 14.4 Å². The van der Waals surface area contributed by atoms with Crippen LogP contribution in [0, 0.1) is 0 Å². The van der Waals surface area contributed by atoms with E-state index in [9.17, 15) is 14.4 Å². The number of hydrogen-bond donors (Lipinski definition) is 4. The maximum absolute atomic E-state index is 12.3. The lowest BCUT2D eigenvalue weighted by Gasteiger charge is -2.25. The molecule has 1 heterocycles. The highest BCUT2D eigenvalue weighted by atomic mass is 32.1. The predicted octanol–water partition coefficient (Wildman–Crippen LogP) is -0.994. The molecule has 120 valence electrons. The van der Waals surface area contributed by atoms with Gasteiger partial charge in [-0.1, -0.05) is 0 Å². The molecule has 5 N–H and O–H groups in total. The molecule has 0 aromatic rings. The summed E-state index contributed by atoms with van der Waals surface area (Å²) in [5, 5.41) is 2.65. The van der Waals surface area contributed by atoms with Gasteiger partial charge < -0.3 is 21.7 Å². The van der Waals surface area contributed by atoms with Crippen molar-refractivity contribution in [3.63, 3.8) is 0 Å². The number of nitrogens with zero attached hydrogens (tertiary/aromatic N) is 1. The number of rotatable bonds is 8. The molecule has 21 heavy (non-hydrogen) atoms. The Bertz CT molecular complexity index is 392. The topological polar surface area (TPSA) is 119 Å². The first-order valence-electron chi connectivity index (χ1n) is 7.21. The summed E-state index contributed by atoms with van der Waals surface area (Å²) in [6, 6.07) is -1.24. The van der Waals surface area contributed by atoms with Crippen molar-refractivity contribution in [2.45, 2.75) is 44.2 Å². The molecular formula is C13H24N4O3S. The number of nitrogens with two attached hydrogens (primary N) is 2. The number of hydrogen-bond acceptors (Lipinski definition) is 5. The van der Waals surface area contributed by atoms with E-state index in [0.29, 0.717) is 32.4 Å². The van der Waals surface area contributed by atoms with Gasteiger partial charge >= 0.3 is 0 Å². The maximum atomic E-state index is 12.3. The lowest BCUT2D eigenvalue weighted by molar-refractivity contribution is -0.137. The van der Waals surface area contributed by atoms with Crippen molar-refractivity contribution in [1.82, 2.24) is 10.2 Å². The van der Waals surface area contributed by atoms with E-state index in [2.05, 4.69) is 17.9 Å². The molecule has 0 aromatic heterocycles. The van der Waals surface area contributed by atoms with Gasteiger partial charge in [0.25, 0.3) is 0 Å². The summed E-state index contributed by atoms with van der Waals surface area (Å²) in [5.74, 6) is -0.987. The second-order valence-electron chi connectivity index (χ2n) is 5.15. The lowest BCUT2D eigenvalue weighted by atomic mass is 10.1. The van der Waals surface area contributed by atoms with Crippen molar-refractivity contribution in [2.75, 3.05) is 18.8 Å². The highest BCUT2D eigenvalue weighted by molar-refractivity contribution is 7.81. The summed E-state index contributed by atoms with van der Waals surface area (Å²) in [6.45, 7) is 1.08. The number of amides is 3. The summed E-state index contributed by atoms with van der Waals surface area (Å²) >= 11 is 3.95. The minimum Gasteiger partial charge on any atom is -0.368 e. The predicted molar refractivity (Wildman–Crippen MR) is 82.6 cm³/mol. The van der Waals surface area contributed by atoms with E-state index in [1.165, 1.54) is 4.90 Å². The largest absolute Gasteiger partial charge is 0.368 e. The smallest absolute Gasteiger partial charge is 0.243 e. The summed E-state index contributed by atoms with van der Waals surface area (Å²) in [5.41, 5.74) is 10.7. The van der Waals surface area contributed by atoms with Gasteiger partial charge in [-0.3, -0.25) is 14.4 Å². The number of likely N-dealkylation sites (tertiary alicyclic amines) is 1. The zero-order valence-corrected chi connectivity index (χ0v) is 13.0. The molecular weight excluding hydrogens is 292 g/mol. The first-order chi connectivity index (χ1) is 10.0. The molecule has 2 atom stereocenters. The Balaban J connectivity index is 2.59. The Morgan fingerprint density at radius 2 is 2.05 bits per heavy atom. The fourth-order valence-corrected chi connectivity index (χ4v) is 2.66. The number of carbonyl (C=O) groups excluding carboxylic acids is 3. The van der Waals surface area contributed by atoms with Crippen molar-refractivity contribution in [1.29, 1.82) is 0 Å². The van der Waals surface area contributed by atoms with E-state index in [0.717, 1.165) is 12.8 Å². The molecule has 0 spiro atoms. The molecule has 0 radical (unpaired) electrons. The Labute approximate surface area is 130 Å². The highest BCUT2D eigenvalue weighted by Crippen LogP contribution is 2.18. The standard InChI is InChI=1S/C13H24N4O3S/c14-6-2-1-4-9(12(15)19)16-13(20)10-5-3-7-17(10)11(18)8-21/h9-10,21H,1-8,14H2,(H2,15,19)(H,16,20)/t9-,10-/m0/s1. The maximum Gasteiger partial charge on any atom is 0.243 e. The molecule has 1 rings (SSSR count). The van der Waals surface area contributed by atoms with Crippen LogP contribution in [0.15, 0.2) is 0 Å². The van der Waals surface area contributed by atoms with Gasteiger partial charge in [0, 0.05) is 6.54 Å². The van der Waals surface area contributed by atoms with Gasteiger partial charge in [0.2, 0.25) is 17.7 Å². The van der Waals surface area contributed by atoms with Crippen LogP contribution in [0.2, 0.25) is 0 Å². The zero-order valence-electron chi connectivity index (χ0n) is 12.1. The summed E-state index contributed by atoms with van der Waals surface area (Å²) in [6.07, 6.45) is 3.32. The van der Waals surface area contributed by atoms with E-state index < -0.39 is 18.0 Å². The normalized spacial score (nSPS) is 19.3. The highest BCUT2D eigenvalue weighted by Gasteiger charge is 2.34. The third-order valence-corrected chi connectivity index (χ3v) is 3.89. The van der Waals surface area contributed by atoms with Crippen LogP contribution in [0.4, 0.5) is 0 Å². The molecule has 0 bridgehead atoms. The van der Waals surface area contributed by atoms with Crippen molar-refractivity contribution in [3.05, 3.63) is 0 Å². The van der Waals surface area contributed by atoms with E-state index in [1.54, 1.807) is 0 Å². The van der Waals surface area contributed by atoms with E-state index >= 15 is 0 Å².